The molecule has 31 heavy (non-hydrogen) atoms. The van der Waals surface area contributed by atoms with E-state index in [4.69, 9.17) is 27.9 Å². The van der Waals surface area contributed by atoms with Crippen molar-refractivity contribution in [3.8, 4) is 28.3 Å². The second-order valence-corrected chi connectivity index (χ2v) is 7.26. The van der Waals surface area contributed by atoms with Crippen molar-refractivity contribution in [2.24, 2.45) is 0 Å². The van der Waals surface area contributed by atoms with Crippen LogP contribution in [0.25, 0.3) is 28.0 Å². The second-order valence-electron chi connectivity index (χ2n) is 6.48. The molecule has 4 rings (SSSR count). The number of pyridine rings is 2. The highest BCUT2D eigenvalue weighted by Gasteiger charge is 2.17. The lowest BCUT2D eigenvalue weighted by molar-refractivity contribution is 0.111. The zero-order chi connectivity index (χ0) is 22.1. The molecule has 4 aromatic rings. The first-order chi connectivity index (χ1) is 15.0. The molecule has 154 valence electrons. The number of carbonyl (C=O) groups is 2. The average molecular weight is 454 g/mol. The molecule has 3 aromatic heterocycles. The van der Waals surface area contributed by atoms with Gasteiger partial charge in [0.25, 0.3) is 5.56 Å². The highest BCUT2D eigenvalue weighted by molar-refractivity contribution is 6.36. The van der Waals surface area contributed by atoms with Crippen LogP contribution in [0.2, 0.25) is 10.0 Å². The maximum Gasteiger partial charge on any atom is 0.268 e. The maximum absolute atomic E-state index is 12.3. The molecule has 0 amide bonds. The summed E-state index contributed by atoms with van der Waals surface area (Å²) >= 11 is 12.9. The molecule has 7 nitrogen and oxygen atoms in total. The second kappa shape index (κ2) is 8.29. The average Bonchev–Trinajstić information content (AvgIpc) is 2.78. The van der Waals surface area contributed by atoms with Gasteiger partial charge in [-0.15, -0.1) is 0 Å². The predicted octanol–water partition coefficient (Wildman–Crippen LogP) is 4.36. The van der Waals surface area contributed by atoms with Crippen LogP contribution in [-0.4, -0.2) is 34.1 Å². The van der Waals surface area contributed by atoms with Crippen molar-refractivity contribution in [2.75, 3.05) is 7.11 Å². The summed E-state index contributed by atoms with van der Waals surface area (Å²) in [5.41, 5.74) is 2.44. The molecule has 0 N–H and O–H groups in total. The summed E-state index contributed by atoms with van der Waals surface area (Å²) in [6.07, 6.45) is 3.82. The van der Waals surface area contributed by atoms with E-state index < -0.39 is 5.56 Å². The van der Waals surface area contributed by atoms with E-state index in [0.29, 0.717) is 45.6 Å². The standard InChI is InChI=1S/C22H13Cl2N3O4/c1-31-21-16(11-29)17(23)8-18(26-21)15-4-2-3-14(20(15)24)12-5-6-27-19(7-12)25-9-13(10-28)22(27)30/h2-11H,1H3. The van der Waals surface area contributed by atoms with Gasteiger partial charge in [0.05, 0.1) is 34.0 Å². The van der Waals surface area contributed by atoms with Gasteiger partial charge in [0.1, 0.15) is 5.65 Å². The first kappa shape index (κ1) is 20.7. The summed E-state index contributed by atoms with van der Waals surface area (Å²) in [6.45, 7) is 0. The van der Waals surface area contributed by atoms with Gasteiger partial charge < -0.3 is 4.74 Å². The Labute approximate surface area is 185 Å². The smallest absolute Gasteiger partial charge is 0.268 e. The molecule has 0 bridgehead atoms. The SMILES string of the molecule is COc1nc(-c2cccc(-c3ccn4c(=O)c(C=O)cnc4c3)c2Cl)cc(Cl)c1C=O. The van der Waals surface area contributed by atoms with Crippen LogP contribution in [0.15, 0.2) is 53.6 Å². The zero-order valence-corrected chi connectivity index (χ0v) is 17.5. The zero-order valence-electron chi connectivity index (χ0n) is 16.0. The highest BCUT2D eigenvalue weighted by Crippen LogP contribution is 2.38. The summed E-state index contributed by atoms with van der Waals surface area (Å²) in [5, 5.41) is 0.585. The number of aromatic nitrogens is 3. The molecule has 9 heteroatoms. The van der Waals surface area contributed by atoms with Gasteiger partial charge in [0.2, 0.25) is 5.88 Å². The molecule has 1 aromatic carbocycles. The van der Waals surface area contributed by atoms with Crippen LogP contribution < -0.4 is 10.3 Å². The normalized spacial score (nSPS) is 10.8. The number of carbonyl (C=O) groups excluding carboxylic acids is 2. The van der Waals surface area contributed by atoms with Gasteiger partial charge in [0.15, 0.2) is 12.6 Å². The molecular weight excluding hydrogens is 441 g/mol. The van der Waals surface area contributed by atoms with Crippen molar-refractivity contribution in [3.63, 3.8) is 0 Å². The number of nitrogens with zero attached hydrogens (tertiary/aromatic N) is 3. The Morgan fingerprint density at radius 2 is 1.84 bits per heavy atom. The number of benzene rings is 1. The molecule has 0 aliphatic rings. The molecule has 0 aliphatic carbocycles. The monoisotopic (exact) mass is 453 g/mol. The Balaban J connectivity index is 1.87. The van der Waals surface area contributed by atoms with E-state index in [1.54, 1.807) is 30.3 Å². The van der Waals surface area contributed by atoms with Crippen molar-refractivity contribution in [2.45, 2.75) is 0 Å². The lowest BCUT2D eigenvalue weighted by Gasteiger charge is -2.13. The van der Waals surface area contributed by atoms with Crippen LogP contribution in [0.1, 0.15) is 20.7 Å². The van der Waals surface area contributed by atoms with Crippen molar-refractivity contribution >= 4 is 41.4 Å². The van der Waals surface area contributed by atoms with Gasteiger partial charge in [-0.05, 0) is 23.8 Å². The topological polar surface area (TPSA) is 90.6 Å². The van der Waals surface area contributed by atoms with Crippen LogP contribution in [0.5, 0.6) is 5.88 Å². The minimum Gasteiger partial charge on any atom is -0.480 e. The number of halogens is 2. The number of methoxy groups -OCH3 is 1. The van der Waals surface area contributed by atoms with Crippen LogP contribution in [0.3, 0.4) is 0 Å². The molecule has 0 unspecified atom stereocenters. The van der Waals surface area contributed by atoms with Gasteiger partial charge >= 0.3 is 0 Å². The molecule has 0 aliphatic heterocycles. The molecule has 0 saturated heterocycles. The first-order valence-corrected chi connectivity index (χ1v) is 9.69. The number of rotatable bonds is 5. The highest BCUT2D eigenvalue weighted by atomic mass is 35.5. The quantitative estimate of drug-likeness (QED) is 0.416. The Morgan fingerprint density at radius 1 is 1.06 bits per heavy atom. The predicted molar refractivity (Wildman–Crippen MR) is 117 cm³/mol. The van der Waals surface area contributed by atoms with E-state index in [1.807, 2.05) is 6.07 Å². The van der Waals surface area contributed by atoms with Crippen molar-refractivity contribution in [3.05, 3.63) is 80.3 Å². The number of ether oxygens (including phenoxy) is 1. The van der Waals surface area contributed by atoms with Crippen molar-refractivity contribution in [1.82, 2.24) is 14.4 Å². The van der Waals surface area contributed by atoms with Crippen molar-refractivity contribution < 1.29 is 14.3 Å². The van der Waals surface area contributed by atoms with E-state index in [2.05, 4.69) is 9.97 Å². The number of hydrogen-bond donors (Lipinski definition) is 0. The Kier molecular flexibility index (Phi) is 5.54. The third kappa shape index (κ3) is 3.58. The number of fused-ring (bicyclic) bond motifs is 1. The van der Waals surface area contributed by atoms with Crippen LogP contribution in [0, 0.1) is 0 Å². The lowest BCUT2D eigenvalue weighted by atomic mass is 10.0. The number of hydrogen-bond acceptors (Lipinski definition) is 6. The van der Waals surface area contributed by atoms with Crippen LogP contribution in [0.4, 0.5) is 0 Å². The third-order valence-corrected chi connectivity index (χ3v) is 5.45. The fourth-order valence-electron chi connectivity index (χ4n) is 3.19. The fourth-order valence-corrected chi connectivity index (χ4v) is 3.75. The molecule has 3 heterocycles. The molecule has 0 atom stereocenters. The van der Waals surface area contributed by atoms with E-state index in [0.717, 1.165) is 0 Å². The molecule has 0 spiro atoms. The maximum atomic E-state index is 12.3. The Hall–Kier alpha value is -3.55. The minimum absolute atomic E-state index is 0.0269. The van der Waals surface area contributed by atoms with Crippen LogP contribution >= 0.6 is 23.2 Å². The Morgan fingerprint density at radius 3 is 2.55 bits per heavy atom. The van der Waals surface area contributed by atoms with Gasteiger partial charge in [-0.1, -0.05) is 41.4 Å². The number of aldehydes is 2. The van der Waals surface area contributed by atoms with Gasteiger partial charge in [-0.2, -0.15) is 0 Å². The molecule has 0 fully saturated rings. The van der Waals surface area contributed by atoms with E-state index in [9.17, 15) is 14.4 Å². The fraction of sp³-hybridized carbons (Fsp3) is 0.0455. The molecular formula is C22H13Cl2N3O4. The van der Waals surface area contributed by atoms with Crippen LogP contribution in [-0.2, 0) is 0 Å². The summed E-state index contributed by atoms with van der Waals surface area (Å²) in [5.74, 6) is 0.0965. The summed E-state index contributed by atoms with van der Waals surface area (Å²) < 4.78 is 6.46. The van der Waals surface area contributed by atoms with E-state index in [1.165, 1.54) is 23.9 Å². The summed E-state index contributed by atoms with van der Waals surface area (Å²) in [4.78, 5) is 43.0. The largest absolute Gasteiger partial charge is 0.480 e. The first-order valence-electron chi connectivity index (χ1n) is 8.94. The van der Waals surface area contributed by atoms with E-state index in [-0.39, 0.29) is 22.0 Å². The van der Waals surface area contributed by atoms with E-state index >= 15 is 0 Å². The Bertz CT molecular complexity index is 1420. The summed E-state index contributed by atoms with van der Waals surface area (Å²) in [7, 11) is 1.40. The van der Waals surface area contributed by atoms with Gasteiger partial charge in [-0.3, -0.25) is 18.8 Å². The lowest BCUT2D eigenvalue weighted by Crippen LogP contribution is -2.18. The van der Waals surface area contributed by atoms with Gasteiger partial charge in [-0.25, -0.2) is 9.97 Å². The van der Waals surface area contributed by atoms with Crippen molar-refractivity contribution in [1.29, 1.82) is 0 Å². The molecule has 0 radical (unpaired) electrons. The summed E-state index contributed by atoms with van der Waals surface area (Å²) in [6, 6.07) is 10.3. The third-order valence-electron chi connectivity index (χ3n) is 4.73. The minimum atomic E-state index is -0.451. The molecule has 0 saturated carbocycles. The van der Waals surface area contributed by atoms with Gasteiger partial charge in [0, 0.05) is 23.5 Å².